The highest BCUT2D eigenvalue weighted by molar-refractivity contribution is 7.09. The van der Waals surface area contributed by atoms with Gasteiger partial charge in [-0.15, -0.1) is 11.3 Å². The number of hydrogen-bond acceptors (Lipinski definition) is 5. The monoisotopic (exact) mass is 310 g/mol. The van der Waals surface area contributed by atoms with Crippen LogP contribution in [0, 0.1) is 12.7 Å². The SMILES string of the molecule is COCCNCc1cc(F)cc(OCc2nc(C)cs2)c1. The second-order valence-corrected chi connectivity index (χ2v) is 5.58. The van der Waals surface area contributed by atoms with Crippen molar-refractivity contribution in [2.45, 2.75) is 20.1 Å². The molecule has 21 heavy (non-hydrogen) atoms. The molecule has 114 valence electrons. The Morgan fingerprint density at radius 1 is 1.33 bits per heavy atom. The number of aromatic nitrogens is 1. The van der Waals surface area contributed by atoms with E-state index in [2.05, 4.69) is 10.3 Å². The van der Waals surface area contributed by atoms with Crippen molar-refractivity contribution in [3.8, 4) is 5.75 Å². The van der Waals surface area contributed by atoms with Gasteiger partial charge in [-0.3, -0.25) is 0 Å². The van der Waals surface area contributed by atoms with Crippen LogP contribution in [0.3, 0.4) is 0 Å². The van der Waals surface area contributed by atoms with Gasteiger partial charge >= 0.3 is 0 Å². The fourth-order valence-corrected chi connectivity index (χ4v) is 2.51. The summed E-state index contributed by atoms with van der Waals surface area (Å²) < 4.78 is 24.1. The Balaban J connectivity index is 1.91. The van der Waals surface area contributed by atoms with Gasteiger partial charge in [0.25, 0.3) is 0 Å². The Labute approximate surface area is 127 Å². The number of thiazole rings is 1. The van der Waals surface area contributed by atoms with E-state index in [1.165, 1.54) is 12.1 Å². The first-order valence-corrected chi connectivity index (χ1v) is 7.58. The topological polar surface area (TPSA) is 43.4 Å². The van der Waals surface area contributed by atoms with Crippen LogP contribution in [-0.2, 0) is 17.9 Å². The van der Waals surface area contributed by atoms with Gasteiger partial charge in [0, 0.05) is 37.3 Å². The molecule has 2 aromatic rings. The number of ether oxygens (including phenoxy) is 2. The smallest absolute Gasteiger partial charge is 0.140 e. The molecule has 1 N–H and O–H groups in total. The fourth-order valence-electron chi connectivity index (χ4n) is 1.83. The summed E-state index contributed by atoms with van der Waals surface area (Å²) in [5, 5.41) is 6.03. The molecule has 0 aliphatic rings. The summed E-state index contributed by atoms with van der Waals surface area (Å²) in [6.45, 7) is 4.22. The number of aryl methyl sites for hydroxylation is 1. The van der Waals surface area contributed by atoms with Gasteiger partial charge in [-0.05, 0) is 24.6 Å². The highest BCUT2D eigenvalue weighted by Crippen LogP contribution is 2.19. The molecule has 1 aromatic carbocycles. The maximum Gasteiger partial charge on any atom is 0.140 e. The average Bonchev–Trinajstić information content (AvgIpc) is 2.87. The van der Waals surface area contributed by atoms with Gasteiger partial charge < -0.3 is 14.8 Å². The van der Waals surface area contributed by atoms with E-state index in [1.54, 1.807) is 18.4 Å². The van der Waals surface area contributed by atoms with Crippen LogP contribution in [0.15, 0.2) is 23.6 Å². The van der Waals surface area contributed by atoms with Crippen LogP contribution in [0.25, 0.3) is 0 Å². The van der Waals surface area contributed by atoms with E-state index in [1.807, 2.05) is 18.4 Å². The number of methoxy groups -OCH3 is 1. The standard InChI is InChI=1S/C15H19FN2O2S/c1-11-10-21-15(18-11)9-20-14-6-12(5-13(16)7-14)8-17-3-4-19-2/h5-7,10,17H,3-4,8-9H2,1-2H3. The number of benzene rings is 1. The fraction of sp³-hybridized carbons (Fsp3) is 0.400. The molecule has 0 atom stereocenters. The largest absolute Gasteiger partial charge is 0.486 e. The molecule has 2 rings (SSSR count). The zero-order valence-corrected chi connectivity index (χ0v) is 13.0. The number of nitrogens with one attached hydrogen (secondary N) is 1. The molecule has 0 amide bonds. The Kier molecular flexibility index (Phi) is 6.10. The zero-order valence-electron chi connectivity index (χ0n) is 12.2. The molecule has 0 aliphatic heterocycles. The molecule has 0 radical (unpaired) electrons. The van der Waals surface area contributed by atoms with Gasteiger partial charge in [-0.1, -0.05) is 0 Å². The normalized spacial score (nSPS) is 10.8. The second-order valence-electron chi connectivity index (χ2n) is 4.64. The highest BCUT2D eigenvalue weighted by Gasteiger charge is 2.04. The van der Waals surface area contributed by atoms with Crippen LogP contribution in [0.5, 0.6) is 5.75 Å². The molecule has 0 spiro atoms. The molecule has 1 heterocycles. The summed E-state index contributed by atoms with van der Waals surface area (Å²) in [6, 6.07) is 4.72. The van der Waals surface area contributed by atoms with Crippen molar-refractivity contribution in [1.82, 2.24) is 10.3 Å². The minimum atomic E-state index is -0.300. The molecule has 0 fully saturated rings. The molecule has 6 heteroatoms. The lowest BCUT2D eigenvalue weighted by Crippen LogP contribution is -2.18. The molecule has 0 unspecified atom stereocenters. The van der Waals surface area contributed by atoms with Gasteiger partial charge in [0.05, 0.1) is 6.61 Å². The van der Waals surface area contributed by atoms with Crippen LogP contribution in [0.2, 0.25) is 0 Å². The van der Waals surface area contributed by atoms with Crippen LogP contribution in [0.4, 0.5) is 4.39 Å². The van der Waals surface area contributed by atoms with Gasteiger partial charge in [-0.25, -0.2) is 9.37 Å². The van der Waals surface area contributed by atoms with Crippen molar-refractivity contribution >= 4 is 11.3 Å². The molecule has 0 aliphatic carbocycles. The number of halogens is 1. The maximum absolute atomic E-state index is 13.6. The predicted molar refractivity (Wildman–Crippen MR) is 81.2 cm³/mol. The Morgan fingerprint density at radius 2 is 2.19 bits per heavy atom. The van der Waals surface area contributed by atoms with E-state index in [4.69, 9.17) is 9.47 Å². The second kappa shape index (κ2) is 8.07. The number of nitrogens with zero attached hydrogens (tertiary/aromatic N) is 1. The van der Waals surface area contributed by atoms with Gasteiger partial charge in [-0.2, -0.15) is 0 Å². The van der Waals surface area contributed by atoms with Crippen LogP contribution >= 0.6 is 11.3 Å². The third kappa shape index (κ3) is 5.41. The van der Waals surface area contributed by atoms with E-state index in [0.29, 0.717) is 25.5 Å². The minimum Gasteiger partial charge on any atom is -0.486 e. The molecule has 4 nitrogen and oxygen atoms in total. The molecular weight excluding hydrogens is 291 g/mol. The summed E-state index contributed by atoms with van der Waals surface area (Å²) in [6.07, 6.45) is 0. The molecule has 0 saturated carbocycles. The third-order valence-corrected chi connectivity index (χ3v) is 3.71. The Bertz CT molecular complexity index is 575. The zero-order chi connectivity index (χ0) is 15.1. The van der Waals surface area contributed by atoms with E-state index >= 15 is 0 Å². The van der Waals surface area contributed by atoms with E-state index in [-0.39, 0.29) is 5.82 Å². The Morgan fingerprint density at radius 3 is 2.90 bits per heavy atom. The molecule has 0 saturated heterocycles. The summed E-state index contributed by atoms with van der Waals surface area (Å²) in [7, 11) is 1.65. The van der Waals surface area contributed by atoms with Crippen molar-refractivity contribution in [1.29, 1.82) is 0 Å². The van der Waals surface area contributed by atoms with E-state index in [9.17, 15) is 4.39 Å². The maximum atomic E-state index is 13.6. The summed E-state index contributed by atoms with van der Waals surface area (Å²) >= 11 is 1.54. The quantitative estimate of drug-likeness (QED) is 0.761. The summed E-state index contributed by atoms with van der Waals surface area (Å²) in [4.78, 5) is 4.31. The van der Waals surface area contributed by atoms with Gasteiger partial charge in [0.1, 0.15) is 23.2 Å². The molecular formula is C15H19FN2O2S. The van der Waals surface area contributed by atoms with Crippen molar-refractivity contribution in [2.75, 3.05) is 20.3 Å². The molecule has 1 aromatic heterocycles. The van der Waals surface area contributed by atoms with Crippen molar-refractivity contribution in [3.63, 3.8) is 0 Å². The summed E-state index contributed by atoms with van der Waals surface area (Å²) in [5.41, 5.74) is 1.82. The van der Waals surface area contributed by atoms with Crippen molar-refractivity contribution in [2.24, 2.45) is 0 Å². The first-order valence-electron chi connectivity index (χ1n) is 6.70. The summed E-state index contributed by atoms with van der Waals surface area (Å²) in [5.74, 6) is 0.220. The van der Waals surface area contributed by atoms with E-state index < -0.39 is 0 Å². The molecule has 0 bridgehead atoms. The van der Waals surface area contributed by atoms with Crippen LogP contribution in [0.1, 0.15) is 16.3 Å². The van der Waals surface area contributed by atoms with Gasteiger partial charge in [0.15, 0.2) is 0 Å². The van der Waals surface area contributed by atoms with Gasteiger partial charge in [0.2, 0.25) is 0 Å². The number of hydrogen-bond donors (Lipinski definition) is 1. The first kappa shape index (κ1) is 15.9. The predicted octanol–water partition coefficient (Wildman–Crippen LogP) is 2.91. The van der Waals surface area contributed by atoms with Crippen molar-refractivity contribution in [3.05, 3.63) is 45.7 Å². The van der Waals surface area contributed by atoms with E-state index in [0.717, 1.165) is 22.8 Å². The Hall–Kier alpha value is -1.50. The lowest BCUT2D eigenvalue weighted by Gasteiger charge is -2.08. The van der Waals surface area contributed by atoms with Crippen LogP contribution < -0.4 is 10.1 Å². The highest BCUT2D eigenvalue weighted by atomic mass is 32.1. The average molecular weight is 310 g/mol. The third-order valence-electron chi connectivity index (χ3n) is 2.77. The van der Waals surface area contributed by atoms with Crippen LogP contribution in [-0.4, -0.2) is 25.2 Å². The minimum absolute atomic E-state index is 0.300. The van der Waals surface area contributed by atoms with Crippen molar-refractivity contribution < 1.29 is 13.9 Å². The lowest BCUT2D eigenvalue weighted by atomic mass is 10.2. The lowest BCUT2D eigenvalue weighted by molar-refractivity contribution is 0.199. The first-order chi connectivity index (χ1) is 10.2. The number of rotatable bonds is 8.